The third-order valence-electron chi connectivity index (χ3n) is 9.84. The maximum Gasteiger partial charge on any atom is 0.260 e. The first-order valence-electron chi connectivity index (χ1n) is 14.5. The summed E-state index contributed by atoms with van der Waals surface area (Å²) >= 11 is 3.46. The van der Waals surface area contributed by atoms with Crippen LogP contribution >= 0.6 is 15.9 Å². The number of allylic oxidation sites excluding steroid dienone is 2. The maximum atomic E-state index is 15.0. The minimum Gasteiger partial charge on any atom is -0.503 e. The van der Waals surface area contributed by atoms with E-state index in [0.29, 0.717) is 27.7 Å². The van der Waals surface area contributed by atoms with Gasteiger partial charge in [0.1, 0.15) is 0 Å². The number of rotatable bonds is 5. The van der Waals surface area contributed by atoms with Gasteiger partial charge in [-0.05, 0) is 77.0 Å². The molecule has 6 unspecified atom stereocenters. The summed E-state index contributed by atoms with van der Waals surface area (Å²) in [7, 11) is 1.45. The minimum atomic E-state index is -1.40. The van der Waals surface area contributed by atoms with E-state index in [0.717, 1.165) is 16.1 Å². The Bertz CT molecular complexity index is 1760. The van der Waals surface area contributed by atoms with Gasteiger partial charge in [-0.1, -0.05) is 59.7 Å². The summed E-state index contributed by atoms with van der Waals surface area (Å²) in [6.45, 7) is 1.95. The smallest absolute Gasteiger partial charge is 0.260 e. The summed E-state index contributed by atoms with van der Waals surface area (Å²) in [5, 5.41) is 14.3. The first-order chi connectivity index (χ1) is 21.2. The molecule has 3 aromatic rings. The topological polar surface area (TPSA) is 125 Å². The van der Waals surface area contributed by atoms with Crippen molar-refractivity contribution in [1.82, 2.24) is 10.3 Å². The van der Waals surface area contributed by atoms with Crippen molar-refractivity contribution in [2.75, 3.05) is 12.5 Å². The summed E-state index contributed by atoms with van der Waals surface area (Å²) in [5.74, 6) is -4.58. The predicted molar refractivity (Wildman–Crippen MR) is 164 cm³/mol. The number of halogens is 1. The molecule has 4 aliphatic rings. The van der Waals surface area contributed by atoms with Gasteiger partial charge in [-0.3, -0.25) is 29.9 Å². The van der Waals surface area contributed by atoms with Crippen molar-refractivity contribution in [3.63, 3.8) is 0 Å². The second kappa shape index (κ2) is 10.3. The van der Waals surface area contributed by atoms with E-state index in [9.17, 15) is 19.5 Å². The average molecular weight is 657 g/mol. The number of nitrogens with zero attached hydrogens (tertiary/aromatic N) is 1. The fourth-order valence-electron chi connectivity index (χ4n) is 7.95. The van der Waals surface area contributed by atoms with E-state index < -0.39 is 46.8 Å². The number of aromatic hydroxyl groups is 1. The molecule has 4 amide bonds. The molecule has 3 fully saturated rings. The fourth-order valence-corrected chi connectivity index (χ4v) is 8.41. The number of phenols is 1. The van der Waals surface area contributed by atoms with Gasteiger partial charge in [-0.15, -0.1) is 0 Å². The van der Waals surface area contributed by atoms with Crippen molar-refractivity contribution in [3.8, 4) is 11.5 Å². The molecule has 2 saturated heterocycles. The number of ether oxygens (including phenoxy) is 1. The molecular formula is C34H30BrN3O6. The first-order valence-corrected chi connectivity index (χ1v) is 15.3. The fraction of sp³-hybridized carbons (Fsp3) is 0.294. The number of methoxy groups -OCH3 is 1. The molecule has 9 nitrogen and oxygen atoms in total. The number of hydrogen-bond donors (Lipinski definition) is 3. The number of fused-ring (bicyclic) bond motifs is 4. The zero-order valence-corrected chi connectivity index (χ0v) is 25.6. The van der Waals surface area contributed by atoms with E-state index in [-0.39, 0.29) is 29.7 Å². The van der Waals surface area contributed by atoms with Crippen molar-refractivity contribution in [1.29, 1.82) is 0 Å². The van der Waals surface area contributed by atoms with Gasteiger partial charge in [0.2, 0.25) is 11.8 Å². The number of imide groups is 2. The van der Waals surface area contributed by atoms with E-state index in [4.69, 9.17) is 4.74 Å². The average Bonchev–Trinajstić information content (AvgIpc) is 3.43. The molecule has 3 aromatic carbocycles. The minimum absolute atomic E-state index is 0.0936. The molecule has 3 N–H and O–H groups in total. The summed E-state index contributed by atoms with van der Waals surface area (Å²) in [6, 6.07) is 20.1. The Balaban J connectivity index is 1.49. The molecule has 2 aliphatic heterocycles. The summed E-state index contributed by atoms with van der Waals surface area (Å²) < 4.78 is 5.88. The third kappa shape index (κ3) is 3.96. The number of carbonyl (C=O) groups excluding carboxylic acids is 4. The van der Waals surface area contributed by atoms with Crippen LogP contribution in [0.25, 0.3) is 0 Å². The maximum absolute atomic E-state index is 15.0. The molecule has 10 heteroatoms. The van der Waals surface area contributed by atoms with Crippen molar-refractivity contribution in [2.24, 2.45) is 23.7 Å². The van der Waals surface area contributed by atoms with E-state index in [1.807, 2.05) is 67.6 Å². The van der Waals surface area contributed by atoms with Gasteiger partial charge in [0, 0.05) is 5.92 Å². The molecule has 7 rings (SSSR count). The van der Waals surface area contributed by atoms with Gasteiger partial charge < -0.3 is 9.84 Å². The quantitative estimate of drug-likeness (QED) is 0.268. The van der Waals surface area contributed by atoms with Crippen LogP contribution in [-0.2, 0) is 24.6 Å². The van der Waals surface area contributed by atoms with Crippen molar-refractivity contribution in [2.45, 2.75) is 31.1 Å². The van der Waals surface area contributed by atoms with Crippen LogP contribution in [-0.4, -0.2) is 40.9 Å². The van der Waals surface area contributed by atoms with E-state index in [2.05, 4.69) is 26.7 Å². The van der Waals surface area contributed by atoms with Crippen LogP contribution in [0, 0.1) is 30.6 Å². The molecule has 0 spiro atoms. The Hall–Kier alpha value is -4.44. The SMILES string of the molecule is COc1cc(C2C3=CCC4C(=O)NC(=O)C4C3CC3C(=O)N(Nc4ccc(C)cc4)C(=O)C32c2ccccc2)cc(Br)c1O. The Morgan fingerprint density at radius 2 is 1.73 bits per heavy atom. The predicted octanol–water partition coefficient (Wildman–Crippen LogP) is 4.74. The van der Waals surface area contributed by atoms with Crippen LogP contribution in [0.15, 0.2) is 82.9 Å². The highest BCUT2D eigenvalue weighted by Crippen LogP contribution is 2.64. The van der Waals surface area contributed by atoms with Crippen LogP contribution < -0.4 is 15.5 Å². The lowest BCUT2D eigenvalue weighted by atomic mass is 9.49. The normalized spacial score (nSPS) is 29.0. The zero-order chi connectivity index (χ0) is 30.9. The van der Waals surface area contributed by atoms with Gasteiger partial charge in [0.15, 0.2) is 11.5 Å². The molecule has 0 bridgehead atoms. The standard InChI is InChI=1S/C34H30BrN3O6/c1-17-8-10-20(11-9-17)37-38-32(42)24-16-23-21(12-13-22-27(23)31(41)36-30(22)40)28(18-14-25(35)29(39)26(15-18)44-2)34(24,33(38)43)19-6-4-3-5-7-19/h3-12,14-15,22-24,27-28,37,39H,13,16H2,1-2H3,(H,36,40,41). The van der Waals surface area contributed by atoms with Crippen molar-refractivity contribution in [3.05, 3.63) is 99.5 Å². The van der Waals surface area contributed by atoms with Crippen LogP contribution in [0.1, 0.15) is 35.4 Å². The second-order valence-corrected chi connectivity index (χ2v) is 12.9. The lowest BCUT2D eigenvalue weighted by Gasteiger charge is -2.50. The van der Waals surface area contributed by atoms with Gasteiger partial charge in [0.25, 0.3) is 11.8 Å². The molecule has 224 valence electrons. The number of phenolic OH excluding ortho intramolecular Hbond substituents is 1. The number of hydrazine groups is 1. The van der Waals surface area contributed by atoms with Crippen molar-refractivity contribution >= 4 is 45.2 Å². The number of benzene rings is 3. The van der Waals surface area contributed by atoms with Crippen LogP contribution in [0.2, 0.25) is 0 Å². The highest BCUT2D eigenvalue weighted by molar-refractivity contribution is 9.10. The number of hydrogen-bond acceptors (Lipinski definition) is 7. The van der Waals surface area contributed by atoms with Crippen LogP contribution in [0.4, 0.5) is 5.69 Å². The molecule has 0 aromatic heterocycles. The highest BCUT2D eigenvalue weighted by atomic mass is 79.9. The summed E-state index contributed by atoms with van der Waals surface area (Å²) in [4.78, 5) is 55.6. The first kappa shape index (κ1) is 28.3. The van der Waals surface area contributed by atoms with E-state index in [1.54, 1.807) is 12.1 Å². The highest BCUT2D eigenvalue weighted by Gasteiger charge is 2.70. The Labute approximate surface area is 262 Å². The lowest BCUT2D eigenvalue weighted by Crippen LogP contribution is -2.53. The molecule has 0 radical (unpaired) electrons. The lowest BCUT2D eigenvalue weighted by molar-refractivity contribution is -0.138. The van der Waals surface area contributed by atoms with E-state index >= 15 is 4.79 Å². The summed E-state index contributed by atoms with van der Waals surface area (Å²) in [6.07, 6.45) is 2.53. The van der Waals surface area contributed by atoms with Gasteiger partial charge in [0.05, 0.1) is 40.4 Å². The second-order valence-electron chi connectivity index (χ2n) is 12.0. The van der Waals surface area contributed by atoms with Crippen LogP contribution in [0.5, 0.6) is 11.5 Å². The van der Waals surface area contributed by atoms with Gasteiger partial charge in [-0.2, -0.15) is 5.01 Å². The molecule has 2 aliphatic carbocycles. The molecule has 1 saturated carbocycles. The van der Waals surface area contributed by atoms with Gasteiger partial charge >= 0.3 is 0 Å². The molecular weight excluding hydrogens is 626 g/mol. The third-order valence-corrected chi connectivity index (χ3v) is 10.4. The largest absolute Gasteiger partial charge is 0.503 e. The van der Waals surface area contributed by atoms with Crippen LogP contribution in [0.3, 0.4) is 0 Å². The molecule has 2 heterocycles. The summed E-state index contributed by atoms with van der Waals surface area (Å²) in [5.41, 5.74) is 5.44. The number of nitrogens with one attached hydrogen (secondary N) is 2. The Morgan fingerprint density at radius 1 is 1.00 bits per heavy atom. The van der Waals surface area contributed by atoms with Gasteiger partial charge in [-0.25, -0.2) is 0 Å². The number of aryl methyl sites for hydroxylation is 1. The molecule has 44 heavy (non-hydrogen) atoms. The number of carbonyl (C=O) groups is 4. The number of anilines is 1. The van der Waals surface area contributed by atoms with Crippen molar-refractivity contribution < 1.29 is 29.0 Å². The zero-order valence-electron chi connectivity index (χ0n) is 24.0. The number of amides is 4. The Morgan fingerprint density at radius 3 is 2.43 bits per heavy atom. The molecule has 6 atom stereocenters. The van der Waals surface area contributed by atoms with E-state index in [1.165, 1.54) is 7.11 Å². The Kier molecular flexibility index (Phi) is 6.65. The monoisotopic (exact) mass is 655 g/mol.